The Hall–Kier alpha value is -1.92. The molecule has 1 fully saturated rings. The minimum atomic E-state index is -1.42. The predicted molar refractivity (Wildman–Crippen MR) is 62.3 cm³/mol. The first kappa shape index (κ1) is 13.5. The van der Waals surface area contributed by atoms with E-state index < -0.39 is 42.4 Å². The summed E-state index contributed by atoms with van der Waals surface area (Å²) in [5.41, 5.74) is -1.67. The van der Waals surface area contributed by atoms with Crippen LogP contribution in [0.2, 0.25) is 0 Å². The smallest absolute Gasteiger partial charge is 0.330 e. The van der Waals surface area contributed by atoms with E-state index in [4.69, 9.17) is 16.3 Å². The standard InChI is InChI=1S/C11H12N2O6/c1-2-5-3-13(11(18)12-9(5)17)10-8(16)7(15)6(4-14)19-10/h1,3,6-8,10,14-16H,4H2,(H,12,17,18)/t6?,7?,8-,10?/m0/s1. The topological polar surface area (TPSA) is 125 Å². The summed E-state index contributed by atoms with van der Waals surface area (Å²) in [4.78, 5) is 24.9. The highest BCUT2D eigenvalue weighted by Gasteiger charge is 2.43. The molecule has 1 aliphatic heterocycles. The molecule has 0 bridgehead atoms. The Morgan fingerprint density at radius 3 is 2.63 bits per heavy atom. The van der Waals surface area contributed by atoms with E-state index >= 15 is 0 Å². The SMILES string of the molecule is C#Cc1cn(C2OC(CO)C(O)[C@@H]2O)c(=O)[nH]c1=O. The molecular weight excluding hydrogens is 256 g/mol. The first-order chi connectivity index (χ1) is 8.99. The van der Waals surface area contributed by atoms with Crippen molar-refractivity contribution in [2.45, 2.75) is 24.5 Å². The molecule has 1 saturated heterocycles. The van der Waals surface area contributed by atoms with Crippen LogP contribution in [0.5, 0.6) is 0 Å². The molecule has 1 aliphatic rings. The van der Waals surface area contributed by atoms with Crippen molar-refractivity contribution in [2.75, 3.05) is 6.61 Å². The molecule has 8 heteroatoms. The third kappa shape index (κ3) is 2.20. The van der Waals surface area contributed by atoms with Crippen LogP contribution in [0.25, 0.3) is 0 Å². The van der Waals surface area contributed by atoms with Crippen molar-refractivity contribution in [3.63, 3.8) is 0 Å². The molecule has 4 N–H and O–H groups in total. The molecule has 0 aromatic carbocycles. The van der Waals surface area contributed by atoms with Crippen molar-refractivity contribution in [1.29, 1.82) is 0 Å². The summed E-state index contributed by atoms with van der Waals surface area (Å²) in [6.07, 6.45) is 1.14. The van der Waals surface area contributed by atoms with Gasteiger partial charge in [0.15, 0.2) is 6.23 Å². The molecule has 3 unspecified atom stereocenters. The van der Waals surface area contributed by atoms with Crippen LogP contribution in [-0.2, 0) is 4.74 Å². The number of aliphatic hydroxyl groups excluding tert-OH is 3. The van der Waals surface area contributed by atoms with E-state index in [1.54, 1.807) is 0 Å². The van der Waals surface area contributed by atoms with Crippen LogP contribution in [0, 0.1) is 12.3 Å². The number of H-pyrrole nitrogens is 1. The Morgan fingerprint density at radius 1 is 1.42 bits per heavy atom. The van der Waals surface area contributed by atoms with Gasteiger partial charge in [0.25, 0.3) is 5.56 Å². The third-order valence-electron chi connectivity index (χ3n) is 2.91. The Morgan fingerprint density at radius 2 is 2.11 bits per heavy atom. The molecule has 102 valence electrons. The monoisotopic (exact) mass is 268 g/mol. The molecule has 4 atom stereocenters. The van der Waals surface area contributed by atoms with Gasteiger partial charge in [-0.1, -0.05) is 5.92 Å². The van der Waals surface area contributed by atoms with Crippen molar-refractivity contribution in [2.24, 2.45) is 0 Å². The van der Waals surface area contributed by atoms with Crippen molar-refractivity contribution >= 4 is 0 Å². The lowest BCUT2D eigenvalue weighted by Crippen LogP contribution is -2.38. The quantitative estimate of drug-likeness (QED) is 0.427. The molecule has 0 saturated carbocycles. The average molecular weight is 268 g/mol. The minimum absolute atomic E-state index is 0.114. The predicted octanol–water partition coefficient (Wildman–Crippen LogP) is -2.87. The van der Waals surface area contributed by atoms with E-state index in [2.05, 4.69) is 5.92 Å². The van der Waals surface area contributed by atoms with Crippen LogP contribution in [0.4, 0.5) is 0 Å². The second-order valence-corrected chi connectivity index (χ2v) is 4.08. The van der Waals surface area contributed by atoms with Crippen LogP contribution >= 0.6 is 0 Å². The number of hydrogen-bond acceptors (Lipinski definition) is 6. The minimum Gasteiger partial charge on any atom is -0.394 e. The van der Waals surface area contributed by atoms with Crippen LogP contribution < -0.4 is 11.2 Å². The van der Waals surface area contributed by atoms with E-state index in [9.17, 15) is 19.8 Å². The Kier molecular flexibility index (Phi) is 3.55. The van der Waals surface area contributed by atoms with Gasteiger partial charge >= 0.3 is 5.69 Å². The number of aromatic nitrogens is 2. The molecule has 0 radical (unpaired) electrons. The highest BCUT2D eigenvalue weighted by atomic mass is 16.6. The van der Waals surface area contributed by atoms with Crippen LogP contribution in [0.15, 0.2) is 15.8 Å². The van der Waals surface area contributed by atoms with Gasteiger partial charge in [-0.2, -0.15) is 0 Å². The zero-order valence-corrected chi connectivity index (χ0v) is 9.68. The second-order valence-electron chi connectivity index (χ2n) is 4.08. The summed E-state index contributed by atoms with van der Waals surface area (Å²) in [6.45, 7) is -0.519. The van der Waals surface area contributed by atoms with Crippen LogP contribution in [0.3, 0.4) is 0 Å². The summed E-state index contributed by atoms with van der Waals surface area (Å²) in [5, 5.41) is 28.3. The van der Waals surface area contributed by atoms with Gasteiger partial charge in [-0.3, -0.25) is 14.3 Å². The van der Waals surface area contributed by atoms with E-state index in [1.165, 1.54) is 0 Å². The zero-order valence-electron chi connectivity index (χ0n) is 9.68. The highest BCUT2D eigenvalue weighted by Crippen LogP contribution is 2.27. The number of hydrogen-bond donors (Lipinski definition) is 4. The second kappa shape index (κ2) is 4.99. The van der Waals surface area contributed by atoms with E-state index in [1.807, 2.05) is 4.98 Å². The lowest BCUT2D eigenvalue weighted by atomic mass is 10.1. The molecule has 1 aromatic heterocycles. The zero-order chi connectivity index (χ0) is 14.2. The molecule has 2 rings (SSSR count). The number of aliphatic hydroxyl groups is 3. The summed E-state index contributed by atoms with van der Waals surface area (Å²) in [7, 11) is 0. The normalized spacial score (nSPS) is 30.2. The maximum Gasteiger partial charge on any atom is 0.330 e. The lowest BCUT2D eigenvalue weighted by Gasteiger charge is -2.17. The Balaban J connectivity index is 2.46. The van der Waals surface area contributed by atoms with E-state index in [0.29, 0.717) is 0 Å². The summed E-state index contributed by atoms with van der Waals surface area (Å²) in [6, 6.07) is 0. The molecule has 19 heavy (non-hydrogen) atoms. The maximum absolute atomic E-state index is 11.6. The number of rotatable bonds is 2. The molecule has 2 heterocycles. The first-order valence-corrected chi connectivity index (χ1v) is 5.44. The number of terminal acetylenes is 1. The summed E-state index contributed by atoms with van der Waals surface area (Å²) >= 11 is 0. The van der Waals surface area contributed by atoms with Gasteiger partial charge in [-0.05, 0) is 0 Å². The van der Waals surface area contributed by atoms with Gasteiger partial charge in [0, 0.05) is 6.20 Å². The first-order valence-electron chi connectivity index (χ1n) is 5.44. The summed E-state index contributed by atoms with van der Waals surface area (Å²) < 4.78 is 6.04. The largest absolute Gasteiger partial charge is 0.394 e. The molecular formula is C11H12N2O6. The molecule has 0 aliphatic carbocycles. The molecule has 0 spiro atoms. The van der Waals surface area contributed by atoms with Crippen LogP contribution in [-0.4, -0.2) is 49.8 Å². The molecule has 8 nitrogen and oxygen atoms in total. The summed E-state index contributed by atoms with van der Waals surface area (Å²) in [5.74, 6) is 2.09. The van der Waals surface area contributed by atoms with Crippen molar-refractivity contribution in [3.05, 3.63) is 32.6 Å². The fraction of sp³-hybridized carbons (Fsp3) is 0.455. The van der Waals surface area contributed by atoms with Gasteiger partial charge in [-0.15, -0.1) is 6.42 Å². The third-order valence-corrected chi connectivity index (χ3v) is 2.91. The van der Waals surface area contributed by atoms with Gasteiger partial charge in [0.1, 0.15) is 23.9 Å². The van der Waals surface area contributed by atoms with Crippen molar-refractivity contribution in [3.8, 4) is 12.3 Å². The van der Waals surface area contributed by atoms with Crippen LogP contribution in [0.1, 0.15) is 11.8 Å². The molecule has 0 amide bonds. The highest BCUT2D eigenvalue weighted by molar-refractivity contribution is 5.26. The number of ether oxygens (including phenoxy) is 1. The van der Waals surface area contributed by atoms with E-state index in [-0.39, 0.29) is 5.56 Å². The van der Waals surface area contributed by atoms with E-state index in [0.717, 1.165) is 10.8 Å². The number of aromatic amines is 1. The average Bonchev–Trinajstić information content (AvgIpc) is 2.67. The van der Waals surface area contributed by atoms with Gasteiger partial charge < -0.3 is 20.1 Å². The number of nitrogens with one attached hydrogen (secondary N) is 1. The van der Waals surface area contributed by atoms with Crippen molar-refractivity contribution < 1.29 is 20.1 Å². The van der Waals surface area contributed by atoms with Gasteiger partial charge in [0.2, 0.25) is 0 Å². The fourth-order valence-electron chi connectivity index (χ4n) is 1.89. The lowest BCUT2D eigenvalue weighted by molar-refractivity contribution is -0.0550. The Labute approximate surface area is 106 Å². The van der Waals surface area contributed by atoms with Gasteiger partial charge in [-0.25, -0.2) is 4.79 Å². The maximum atomic E-state index is 11.6. The van der Waals surface area contributed by atoms with Gasteiger partial charge in [0.05, 0.1) is 6.61 Å². The fourth-order valence-corrected chi connectivity index (χ4v) is 1.89. The van der Waals surface area contributed by atoms with Crippen molar-refractivity contribution in [1.82, 2.24) is 9.55 Å². The molecule has 1 aromatic rings. The number of nitrogens with zero attached hydrogens (tertiary/aromatic N) is 1. The Bertz CT molecular complexity index is 627.